The summed E-state index contributed by atoms with van der Waals surface area (Å²) in [6.45, 7) is 9.28. The Morgan fingerprint density at radius 1 is 1.48 bits per heavy atom. The molecule has 1 saturated heterocycles. The van der Waals surface area contributed by atoms with Gasteiger partial charge in [-0.3, -0.25) is 9.69 Å². The number of rotatable bonds is 5. The van der Waals surface area contributed by atoms with E-state index >= 15 is 0 Å². The van der Waals surface area contributed by atoms with Gasteiger partial charge in [-0.25, -0.2) is 0 Å². The summed E-state index contributed by atoms with van der Waals surface area (Å²) < 4.78 is 10.9. The topological polar surface area (TPSA) is 64.8 Å². The number of esters is 1. The van der Waals surface area contributed by atoms with Crippen molar-refractivity contribution in [3.05, 3.63) is 0 Å². The fourth-order valence-corrected chi connectivity index (χ4v) is 3.64. The molecule has 2 N–H and O–H groups in total. The lowest BCUT2D eigenvalue weighted by atomic mass is 9.85. The first-order chi connectivity index (χ1) is 9.97. The van der Waals surface area contributed by atoms with Gasteiger partial charge in [0.25, 0.3) is 0 Å². The lowest BCUT2D eigenvalue weighted by molar-refractivity contribution is -0.151. The lowest BCUT2D eigenvalue weighted by Crippen LogP contribution is -2.53. The molecule has 0 aromatic carbocycles. The molecule has 0 radical (unpaired) electrons. The molecule has 1 aliphatic carbocycles. The molecule has 122 valence electrons. The fourth-order valence-electron chi connectivity index (χ4n) is 3.64. The maximum Gasteiger partial charge on any atom is 0.326 e. The van der Waals surface area contributed by atoms with Crippen LogP contribution in [0.25, 0.3) is 0 Å². The third-order valence-electron chi connectivity index (χ3n) is 5.03. The van der Waals surface area contributed by atoms with E-state index in [4.69, 9.17) is 15.2 Å². The molecule has 5 heteroatoms. The van der Waals surface area contributed by atoms with Crippen LogP contribution < -0.4 is 5.73 Å². The number of hydrogen-bond donors (Lipinski definition) is 1. The summed E-state index contributed by atoms with van der Waals surface area (Å²) in [6, 6.07) is 0.442. The molecule has 4 unspecified atom stereocenters. The number of carbonyl (C=O) groups excluding carboxylic acids is 1. The highest BCUT2D eigenvalue weighted by Gasteiger charge is 2.46. The quantitative estimate of drug-likeness (QED) is 0.780. The highest BCUT2D eigenvalue weighted by molar-refractivity contribution is 5.81. The Kier molecular flexibility index (Phi) is 5.63. The normalized spacial score (nSPS) is 37.6. The van der Waals surface area contributed by atoms with Gasteiger partial charge in [0.1, 0.15) is 5.54 Å². The molecule has 1 aliphatic heterocycles. The van der Waals surface area contributed by atoms with E-state index in [9.17, 15) is 4.79 Å². The van der Waals surface area contributed by atoms with E-state index in [1.54, 1.807) is 0 Å². The van der Waals surface area contributed by atoms with E-state index < -0.39 is 5.54 Å². The number of nitrogens with two attached hydrogens (primary N) is 1. The van der Waals surface area contributed by atoms with Crippen LogP contribution in [0.3, 0.4) is 0 Å². The van der Waals surface area contributed by atoms with Gasteiger partial charge in [-0.05, 0) is 52.5 Å². The molecule has 2 fully saturated rings. The molecule has 0 amide bonds. The second-order valence-corrected chi connectivity index (χ2v) is 6.63. The first kappa shape index (κ1) is 16.7. The standard InChI is InChI=1S/C16H30N2O3/c1-4-20-15(19)16(17)8-5-6-14(16)7-9-18-10-13(3)21-11-12(18)2/h12-14H,4-11,17H2,1-3H3. The van der Waals surface area contributed by atoms with Crippen molar-refractivity contribution in [3.63, 3.8) is 0 Å². The third kappa shape index (κ3) is 3.76. The van der Waals surface area contributed by atoms with Crippen LogP contribution in [0.5, 0.6) is 0 Å². The summed E-state index contributed by atoms with van der Waals surface area (Å²) in [5.74, 6) is 0.0257. The Hall–Kier alpha value is -0.650. The van der Waals surface area contributed by atoms with E-state index in [-0.39, 0.29) is 18.0 Å². The van der Waals surface area contributed by atoms with Gasteiger partial charge in [-0.15, -0.1) is 0 Å². The smallest absolute Gasteiger partial charge is 0.326 e. The SMILES string of the molecule is CCOC(=O)C1(N)CCCC1CCN1CC(C)OCC1C. The average Bonchev–Trinajstić information content (AvgIpc) is 2.83. The molecule has 1 saturated carbocycles. The molecule has 0 aromatic rings. The van der Waals surface area contributed by atoms with Gasteiger partial charge in [-0.2, -0.15) is 0 Å². The Morgan fingerprint density at radius 3 is 2.95 bits per heavy atom. The van der Waals surface area contributed by atoms with Crippen LogP contribution in [0, 0.1) is 5.92 Å². The van der Waals surface area contributed by atoms with Crippen molar-refractivity contribution in [2.24, 2.45) is 11.7 Å². The van der Waals surface area contributed by atoms with Crippen molar-refractivity contribution in [1.82, 2.24) is 4.90 Å². The predicted octanol–water partition coefficient (Wildman–Crippen LogP) is 1.55. The Morgan fingerprint density at radius 2 is 2.24 bits per heavy atom. The molecule has 2 aliphatic rings. The van der Waals surface area contributed by atoms with Gasteiger partial charge in [-0.1, -0.05) is 6.42 Å². The monoisotopic (exact) mass is 298 g/mol. The van der Waals surface area contributed by atoms with Crippen molar-refractivity contribution in [3.8, 4) is 0 Å². The van der Waals surface area contributed by atoms with Gasteiger partial charge in [0.2, 0.25) is 0 Å². The zero-order valence-electron chi connectivity index (χ0n) is 13.6. The second-order valence-electron chi connectivity index (χ2n) is 6.63. The minimum atomic E-state index is -0.767. The molecule has 0 bridgehead atoms. The van der Waals surface area contributed by atoms with Gasteiger partial charge < -0.3 is 15.2 Å². The van der Waals surface area contributed by atoms with Crippen LogP contribution in [0.1, 0.15) is 46.5 Å². The number of carbonyl (C=O) groups is 1. The summed E-state index contributed by atoms with van der Waals surface area (Å²) in [7, 11) is 0. The van der Waals surface area contributed by atoms with Gasteiger partial charge in [0, 0.05) is 12.6 Å². The van der Waals surface area contributed by atoms with Crippen molar-refractivity contribution < 1.29 is 14.3 Å². The number of hydrogen-bond acceptors (Lipinski definition) is 5. The van der Waals surface area contributed by atoms with E-state index in [2.05, 4.69) is 18.7 Å². The Balaban J connectivity index is 1.90. The molecule has 2 rings (SSSR count). The highest BCUT2D eigenvalue weighted by Crippen LogP contribution is 2.37. The Bertz CT molecular complexity index is 363. The first-order valence-corrected chi connectivity index (χ1v) is 8.29. The van der Waals surface area contributed by atoms with Crippen molar-refractivity contribution in [2.45, 2.75) is 64.1 Å². The number of nitrogens with zero attached hydrogens (tertiary/aromatic N) is 1. The summed E-state index contributed by atoms with van der Waals surface area (Å²) in [6.07, 6.45) is 4.06. The second kappa shape index (κ2) is 7.07. The van der Waals surface area contributed by atoms with Crippen LogP contribution in [0.15, 0.2) is 0 Å². The summed E-state index contributed by atoms with van der Waals surface area (Å²) in [5.41, 5.74) is 5.63. The predicted molar refractivity (Wildman–Crippen MR) is 82.0 cm³/mol. The van der Waals surface area contributed by atoms with E-state index in [1.807, 2.05) is 6.92 Å². The van der Waals surface area contributed by atoms with E-state index in [1.165, 1.54) is 0 Å². The number of ether oxygens (including phenoxy) is 2. The van der Waals surface area contributed by atoms with Crippen molar-refractivity contribution in [1.29, 1.82) is 0 Å². The maximum absolute atomic E-state index is 12.2. The van der Waals surface area contributed by atoms with Crippen molar-refractivity contribution >= 4 is 5.97 Å². The maximum atomic E-state index is 12.2. The lowest BCUT2D eigenvalue weighted by Gasteiger charge is -2.38. The van der Waals surface area contributed by atoms with E-state index in [0.717, 1.165) is 45.4 Å². The van der Waals surface area contributed by atoms with Crippen molar-refractivity contribution in [2.75, 3.05) is 26.3 Å². The minimum Gasteiger partial charge on any atom is -0.465 e. The van der Waals surface area contributed by atoms with Crippen LogP contribution >= 0.6 is 0 Å². The highest BCUT2D eigenvalue weighted by atomic mass is 16.5. The molecule has 5 nitrogen and oxygen atoms in total. The molecule has 0 aromatic heterocycles. The third-order valence-corrected chi connectivity index (χ3v) is 5.03. The van der Waals surface area contributed by atoms with Crippen LogP contribution in [0.4, 0.5) is 0 Å². The first-order valence-electron chi connectivity index (χ1n) is 8.29. The van der Waals surface area contributed by atoms with Gasteiger partial charge >= 0.3 is 5.97 Å². The largest absolute Gasteiger partial charge is 0.465 e. The van der Waals surface area contributed by atoms with Crippen LogP contribution in [-0.4, -0.2) is 54.9 Å². The van der Waals surface area contributed by atoms with Gasteiger partial charge in [0.15, 0.2) is 0 Å². The summed E-state index contributed by atoms with van der Waals surface area (Å²) in [4.78, 5) is 14.6. The zero-order chi connectivity index (χ0) is 15.5. The summed E-state index contributed by atoms with van der Waals surface area (Å²) >= 11 is 0. The fraction of sp³-hybridized carbons (Fsp3) is 0.938. The minimum absolute atomic E-state index is 0.212. The zero-order valence-corrected chi connectivity index (χ0v) is 13.6. The number of morpholine rings is 1. The summed E-state index contributed by atoms with van der Waals surface area (Å²) in [5, 5.41) is 0. The van der Waals surface area contributed by atoms with Crippen LogP contribution in [-0.2, 0) is 14.3 Å². The molecule has 4 atom stereocenters. The average molecular weight is 298 g/mol. The molecular weight excluding hydrogens is 268 g/mol. The molecule has 21 heavy (non-hydrogen) atoms. The molecular formula is C16H30N2O3. The van der Waals surface area contributed by atoms with Gasteiger partial charge in [0.05, 0.1) is 19.3 Å². The van der Waals surface area contributed by atoms with E-state index in [0.29, 0.717) is 12.6 Å². The Labute approximate surface area is 128 Å². The molecule has 0 spiro atoms. The van der Waals surface area contributed by atoms with Crippen LogP contribution in [0.2, 0.25) is 0 Å². The molecule has 1 heterocycles.